The molecule has 2 heterocycles. The Morgan fingerprint density at radius 3 is 2.40 bits per heavy atom. The first-order valence-electron chi connectivity index (χ1n) is 15.3. The fraction of sp³-hybridized carbons (Fsp3) is 0.270. The van der Waals surface area contributed by atoms with Crippen molar-refractivity contribution in [1.82, 2.24) is 0 Å². The van der Waals surface area contributed by atoms with E-state index in [1.807, 2.05) is 17.8 Å². The van der Waals surface area contributed by atoms with Gasteiger partial charge in [-0.3, -0.25) is 0 Å². The summed E-state index contributed by atoms with van der Waals surface area (Å²) in [6, 6.07) is 19.4. The fourth-order valence-corrected chi connectivity index (χ4v) is 8.31. The molecular weight excluding hydrogens is 617 g/mol. The van der Waals surface area contributed by atoms with E-state index in [1.54, 1.807) is 11.3 Å². The second-order valence-electron chi connectivity index (χ2n) is 11.5. The van der Waals surface area contributed by atoms with Gasteiger partial charge in [0, 0.05) is 35.8 Å². The molecule has 0 N–H and O–H groups in total. The molecule has 5 rings (SSSR count). The second kappa shape index (κ2) is 14.3. The van der Waals surface area contributed by atoms with Gasteiger partial charge in [0.15, 0.2) is 6.54 Å². The number of benzene rings is 3. The molecule has 1 aromatic heterocycles. The van der Waals surface area contributed by atoms with Gasteiger partial charge in [0.05, 0.1) is 20.8 Å². The van der Waals surface area contributed by atoms with Gasteiger partial charge in [-0.05, 0) is 98.7 Å². The van der Waals surface area contributed by atoms with Gasteiger partial charge < -0.3 is 9.45 Å². The first-order chi connectivity index (χ1) is 21.5. The standard InChI is InChI=1S/C37H40N2O3S3/c1-6-38-32-21-26(2)28(4)23-34(32)43-36(38)17-10-15-31(25-30-13-8-7-9-14-30)16-11-18-37-39(19-12-20-45(40,41)42)33-22-27(3)29(5)24-35(33)44-37/h7-11,13-18,21-24H,6,12,19-20,25H2,1-5H3. The van der Waals surface area contributed by atoms with Crippen molar-refractivity contribution in [3.8, 4) is 0 Å². The van der Waals surface area contributed by atoms with Crippen molar-refractivity contribution < 1.29 is 17.5 Å². The van der Waals surface area contributed by atoms with Gasteiger partial charge in [-0.15, -0.1) is 0 Å². The minimum Gasteiger partial charge on any atom is -0.748 e. The van der Waals surface area contributed by atoms with Crippen LogP contribution in [0.1, 0.15) is 46.2 Å². The molecule has 0 amide bonds. The number of aryl methyl sites for hydroxylation is 5. The topological polar surface area (TPSA) is 64.3 Å². The third kappa shape index (κ3) is 8.24. The molecular formula is C37H40N2O3S3. The van der Waals surface area contributed by atoms with Gasteiger partial charge in [0.25, 0.3) is 5.01 Å². The van der Waals surface area contributed by atoms with Gasteiger partial charge in [-0.1, -0.05) is 77.7 Å². The number of aromatic nitrogens is 1. The van der Waals surface area contributed by atoms with E-state index in [9.17, 15) is 13.0 Å². The Labute approximate surface area is 276 Å². The molecule has 8 heteroatoms. The van der Waals surface area contributed by atoms with Crippen molar-refractivity contribution in [3.05, 3.63) is 128 Å². The van der Waals surface area contributed by atoms with Gasteiger partial charge >= 0.3 is 0 Å². The highest BCUT2D eigenvalue weighted by Gasteiger charge is 2.24. The molecule has 0 bridgehead atoms. The summed E-state index contributed by atoms with van der Waals surface area (Å²) in [6.45, 7) is 12.1. The van der Waals surface area contributed by atoms with Gasteiger partial charge in [-0.2, -0.15) is 4.57 Å². The molecule has 45 heavy (non-hydrogen) atoms. The molecule has 1 aliphatic heterocycles. The third-order valence-corrected chi connectivity index (χ3v) is 11.1. The number of hydrogen-bond acceptors (Lipinski definition) is 6. The van der Waals surface area contributed by atoms with E-state index in [1.165, 1.54) is 49.0 Å². The normalized spacial score (nSPS) is 14.9. The predicted octanol–water partition coefficient (Wildman–Crippen LogP) is 8.57. The zero-order chi connectivity index (χ0) is 32.1. The number of allylic oxidation sites excluding steroid dienone is 6. The zero-order valence-electron chi connectivity index (χ0n) is 26.5. The van der Waals surface area contributed by atoms with E-state index in [0.29, 0.717) is 6.54 Å². The van der Waals surface area contributed by atoms with Crippen molar-refractivity contribution in [2.24, 2.45) is 0 Å². The highest BCUT2D eigenvalue weighted by molar-refractivity contribution is 8.03. The summed E-state index contributed by atoms with van der Waals surface area (Å²) < 4.78 is 37.2. The molecule has 1 aliphatic rings. The Morgan fingerprint density at radius 2 is 1.67 bits per heavy atom. The summed E-state index contributed by atoms with van der Waals surface area (Å²) in [5.74, 6) is -0.370. The quantitative estimate of drug-likeness (QED) is 0.0920. The summed E-state index contributed by atoms with van der Waals surface area (Å²) >= 11 is 3.50. The van der Waals surface area contributed by atoms with E-state index in [4.69, 9.17) is 0 Å². The van der Waals surface area contributed by atoms with Crippen LogP contribution in [0.2, 0.25) is 0 Å². The Bertz CT molecular complexity index is 1930. The van der Waals surface area contributed by atoms with Crippen LogP contribution in [0.4, 0.5) is 5.69 Å². The maximum atomic E-state index is 11.3. The molecule has 0 saturated heterocycles. The second-order valence-corrected chi connectivity index (χ2v) is 15.1. The predicted molar refractivity (Wildman–Crippen MR) is 190 cm³/mol. The Kier molecular flexibility index (Phi) is 10.5. The molecule has 4 aromatic rings. The van der Waals surface area contributed by atoms with Crippen LogP contribution in [-0.2, 0) is 23.1 Å². The lowest BCUT2D eigenvalue weighted by molar-refractivity contribution is -0.668. The summed E-state index contributed by atoms with van der Waals surface area (Å²) in [7, 11) is -4.26. The van der Waals surface area contributed by atoms with Crippen LogP contribution in [0.25, 0.3) is 16.3 Å². The maximum Gasteiger partial charge on any atom is 0.262 e. The van der Waals surface area contributed by atoms with Crippen LogP contribution in [0, 0.1) is 27.7 Å². The molecule has 5 nitrogen and oxygen atoms in total. The van der Waals surface area contributed by atoms with Crippen molar-refractivity contribution in [3.63, 3.8) is 0 Å². The highest BCUT2D eigenvalue weighted by atomic mass is 32.2. The lowest BCUT2D eigenvalue weighted by Gasteiger charge is -2.18. The van der Waals surface area contributed by atoms with E-state index < -0.39 is 10.1 Å². The van der Waals surface area contributed by atoms with Gasteiger partial charge in [0.1, 0.15) is 4.70 Å². The van der Waals surface area contributed by atoms with Crippen molar-refractivity contribution in [1.29, 1.82) is 0 Å². The molecule has 0 atom stereocenters. The van der Waals surface area contributed by atoms with Crippen molar-refractivity contribution >= 4 is 55.2 Å². The molecule has 3 aromatic carbocycles. The highest BCUT2D eigenvalue weighted by Crippen LogP contribution is 2.46. The Morgan fingerprint density at radius 1 is 0.956 bits per heavy atom. The van der Waals surface area contributed by atoms with Crippen molar-refractivity contribution in [2.75, 3.05) is 17.2 Å². The number of nitrogens with zero attached hydrogens (tertiary/aromatic N) is 2. The average Bonchev–Trinajstić information content (AvgIpc) is 3.49. The van der Waals surface area contributed by atoms with Crippen LogP contribution in [-0.4, -0.2) is 25.3 Å². The number of fused-ring (bicyclic) bond motifs is 2. The lowest BCUT2D eigenvalue weighted by atomic mass is 10.0. The summed E-state index contributed by atoms with van der Waals surface area (Å²) in [6.07, 6.45) is 13.9. The first-order valence-corrected chi connectivity index (χ1v) is 18.5. The fourth-order valence-electron chi connectivity index (χ4n) is 5.42. The number of thioether (sulfide) groups is 1. The average molecular weight is 657 g/mol. The van der Waals surface area contributed by atoms with E-state index in [2.05, 4.69) is 129 Å². The largest absolute Gasteiger partial charge is 0.748 e. The number of hydrogen-bond donors (Lipinski definition) is 0. The first kappa shape index (κ1) is 32.9. The molecule has 0 spiro atoms. The smallest absolute Gasteiger partial charge is 0.262 e. The molecule has 0 saturated carbocycles. The number of anilines is 1. The molecule has 0 unspecified atom stereocenters. The molecule has 0 fully saturated rings. The van der Waals surface area contributed by atoms with Crippen LogP contribution in [0.5, 0.6) is 0 Å². The Balaban J connectivity index is 1.44. The van der Waals surface area contributed by atoms with Crippen LogP contribution in [0.3, 0.4) is 0 Å². The SMILES string of the molecule is CCN1/C(=C/C=C/C(=C/C=C/c2sc3cc(C)c(C)cc3[n+]2CCCS(=O)(=O)[O-])Cc2ccccc2)Sc2cc(C)c(C)cc21. The van der Waals surface area contributed by atoms with E-state index in [0.717, 1.165) is 28.2 Å². The number of thiazole rings is 1. The Hall–Kier alpha value is -3.43. The third-order valence-electron chi connectivity index (χ3n) is 8.13. The monoisotopic (exact) mass is 656 g/mol. The van der Waals surface area contributed by atoms with Crippen molar-refractivity contribution in [2.45, 2.75) is 58.9 Å². The van der Waals surface area contributed by atoms with Gasteiger partial charge in [0.2, 0.25) is 5.52 Å². The number of rotatable bonds is 11. The lowest BCUT2D eigenvalue weighted by Crippen LogP contribution is -2.36. The van der Waals surface area contributed by atoms with Crippen LogP contribution in [0.15, 0.2) is 100 Å². The van der Waals surface area contributed by atoms with Gasteiger partial charge in [-0.25, -0.2) is 8.42 Å². The van der Waals surface area contributed by atoms with E-state index >= 15 is 0 Å². The summed E-state index contributed by atoms with van der Waals surface area (Å²) in [5.41, 5.74) is 9.77. The molecule has 234 valence electrons. The summed E-state index contributed by atoms with van der Waals surface area (Å²) in [5, 5.41) is 2.24. The minimum absolute atomic E-state index is 0.276. The van der Waals surface area contributed by atoms with Crippen LogP contribution >= 0.6 is 23.1 Å². The zero-order valence-corrected chi connectivity index (χ0v) is 29.0. The molecule has 0 radical (unpaired) electrons. The molecule has 0 aliphatic carbocycles. The minimum atomic E-state index is -4.26. The maximum absolute atomic E-state index is 11.3. The van der Waals surface area contributed by atoms with Crippen LogP contribution < -0.4 is 9.47 Å². The summed E-state index contributed by atoms with van der Waals surface area (Å²) in [4.78, 5) is 3.68. The van der Waals surface area contributed by atoms with E-state index in [-0.39, 0.29) is 12.2 Å².